The van der Waals surface area contributed by atoms with E-state index in [1.54, 1.807) is 14.2 Å². The first-order chi connectivity index (χ1) is 8.56. The molecule has 0 bridgehead atoms. The number of benzene rings is 1. The van der Waals surface area contributed by atoms with E-state index < -0.39 is 0 Å². The average Bonchev–Trinajstić information content (AvgIpc) is 2.36. The van der Waals surface area contributed by atoms with E-state index in [0.29, 0.717) is 12.3 Å². The van der Waals surface area contributed by atoms with Crippen molar-refractivity contribution >= 4 is 6.29 Å². The molecule has 0 heterocycles. The number of ether oxygens (including phenoxy) is 2. The van der Waals surface area contributed by atoms with Crippen LogP contribution in [0.3, 0.4) is 0 Å². The molecule has 0 aliphatic carbocycles. The zero-order chi connectivity index (χ0) is 13.7. The van der Waals surface area contributed by atoms with Gasteiger partial charge in [-0.1, -0.05) is 20.8 Å². The van der Waals surface area contributed by atoms with Gasteiger partial charge in [-0.3, -0.25) is 0 Å². The Morgan fingerprint density at radius 1 is 1.06 bits per heavy atom. The fourth-order valence-corrected chi connectivity index (χ4v) is 2.32. The van der Waals surface area contributed by atoms with E-state index in [1.807, 2.05) is 19.1 Å². The third kappa shape index (κ3) is 2.84. The Morgan fingerprint density at radius 2 is 1.56 bits per heavy atom. The second-order valence-corrected chi connectivity index (χ2v) is 4.76. The molecule has 0 fully saturated rings. The van der Waals surface area contributed by atoms with Crippen LogP contribution in [-0.2, 0) is 4.79 Å². The van der Waals surface area contributed by atoms with E-state index >= 15 is 0 Å². The molecule has 3 nitrogen and oxygen atoms in total. The molecule has 100 valence electrons. The van der Waals surface area contributed by atoms with Gasteiger partial charge in [0.05, 0.1) is 14.2 Å². The summed E-state index contributed by atoms with van der Waals surface area (Å²) in [6.07, 6.45) is 1.44. The minimum absolute atomic E-state index is 0.130. The predicted molar refractivity (Wildman–Crippen MR) is 72.7 cm³/mol. The van der Waals surface area contributed by atoms with Gasteiger partial charge in [0.25, 0.3) is 0 Å². The first-order valence-corrected chi connectivity index (χ1v) is 6.25. The van der Waals surface area contributed by atoms with Gasteiger partial charge in [0, 0.05) is 17.5 Å². The van der Waals surface area contributed by atoms with Gasteiger partial charge >= 0.3 is 0 Å². The van der Waals surface area contributed by atoms with Crippen LogP contribution in [0, 0.1) is 0 Å². The van der Waals surface area contributed by atoms with Crippen LogP contribution in [0.15, 0.2) is 12.1 Å². The van der Waals surface area contributed by atoms with E-state index in [2.05, 4.69) is 13.8 Å². The maximum atomic E-state index is 10.8. The second kappa shape index (κ2) is 6.43. The van der Waals surface area contributed by atoms with E-state index in [-0.39, 0.29) is 5.92 Å². The van der Waals surface area contributed by atoms with Crippen molar-refractivity contribution in [2.45, 2.75) is 39.0 Å². The zero-order valence-electron chi connectivity index (χ0n) is 11.8. The van der Waals surface area contributed by atoms with E-state index in [9.17, 15) is 4.79 Å². The number of hydrogen-bond donors (Lipinski definition) is 0. The molecule has 0 N–H and O–H groups in total. The van der Waals surface area contributed by atoms with Crippen molar-refractivity contribution in [3.63, 3.8) is 0 Å². The number of carbonyl (C=O) groups excluding carboxylic acids is 1. The molecule has 1 rings (SSSR count). The minimum atomic E-state index is 0.130. The fourth-order valence-electron chi connectivity index (χ4n) is 2.32. The first-order valence-electron chi connectivity index (χ1n) is 6.25. The van der Waals surface area contributed by atoms with Crippen LogP contribution >= 0.6 is 0 Å². The molecule has 0 saturated carbocycles. The molecular formula is C15H22O3. The molecule has 1 aromatic rings. The highest BCUT2D eigenvalue weighted by Gasteiger charge is 2.21. The van der Waals surface area contributed by atoms with Gasteiger partial charge in [0.1, 0.15) is 17.8 Å². The first kappa shape index (κ1) is 14.6. The van der Waals surface area contributed by atoms with Crippen molar-refractivity contribution < 1.29 is 14.3 Å². The summed E-state index contributed by atoms with van der Waals surface area (Å²) in [7, 11) is 3.32. The molecule has 3 heteroatoms. The van der Waals surface area contributed by atoms with Crippen LogP contribution in [0.2, 0.25) is 0 Å². The van der Waals surface area contributed by atoms with Gasteiger partial charge < -0.3 is 14.3 Å². The minimum Gasteiger partial charge on any atom is -0.496 e. The summed E-state index contributed by atoms with van der Waals surface area (Å²) in [5.74, 6) is 2.14. The quantitative estimate of drug-likeness (QED) is 0.725. The normalized spacial score (nSPS) is 12.3. The van der Waals surface area contributed by atoms with Crippen LogP contribution in [0.4, 0.5) is 0 Å². The highest BCUT2D eigenvalue weighted by Crippen LogP contribution is 2.40. The van der Waals surface area contributed by atoms with Crippen molar-refractivity contribution in [1.82, 2.24) is 0 Å². The Kier molecular flexibility index (Phi) is 5.20. The van der Waals surface area contributed by atoms with E-state index in [4.69, 9.17) is 9.47 Å². The van der Waals surface area contributed by atoms with E-state index in [0.717, 1.165) is 28.9 Å². The summed E-state index contributed by atoms with van der Waals surface area (Å²) in [5, 5.41) is 0. The smallest absolute Gasteiger partial charge is 0.122 e. The summed E-state index contributed by atoms with van der Waals surface area (Å²) in [4.78, 5) is 10.8. The summed E-state index contributed by atoms with van der Waals surface area (Å²) in [6, 6.07) is 3.83. The lowest BCUT2D eigenvalue weighted by atomic mass is 9.87. The lowest BCUT2D eigenvalue weighted by Crippen LogP contribution is -2.07. The lowest BCUT2D eigenvalue weighted by molar-refractivity contribution is -0.108. The lowest BCUT2D eigenvalue weighted by Gasteiger charge is -2.23. The number of hydrogen-bond acceptors (Lipinski definition) is 3. The molecular weight excluding hydrogens is 228 g/mol. The van der Waals surface area contributed by atoms with Gasteiger partial charge in [-0.25, -0.2) is 0 Å². The van der Waals surface area contributed by atoms with Crippen LogP contribution in [0.25, 0.3) is 0 Å². The van der Waals surface area contributed by atoms with Crippen molar-refractivity contribution in [3.05, 3.63) is 23.3 Å². The van der Waals surface area contributed by atoms with Crippen LogP contribution in [-0.4, -0.2) is 20.5 Å². The number of aldehydes is 1. The summed E-state index contributed by atoms with van der Waals surface area (Å²) >= 11 is 0. The van der Waals surface area contributed by atoms with E-state index in [1.165, 1.54) is 0 Å². The van der Waals surface area contributed by atoms with Crippen molar-refractivity contribution in [1.29, 1.82) is 0 Å². The molecule has 0 aromatic heterocycles. The average molecular weight is 250 g/mol. The zero-order valence-corrected chi connectivity index (χ0v) is 11.8. The van der Waals surface area contributed by atoms with Crippen molar-refractivity contribution in [2.75, 3.05) is 14.2 Å². The van der Waals surface area contributed by atoms with Gasteiger partial charge in [-0.05, 0) is 24.0 Å². The maximum absolute atomic E-state index is 10.8. The Bertz CT molecular complexity index is 410. The Hall–Kier alpha value is -1.51. The Balaban J connectivity index is 3.44. The second-order valence-electron chi connectivity index (χ2n) is 4.76. The molecule has 1 unspecified atom stereocenters. The predicted octanol–water partition coefficient (Wildman–Crippen LogP) is 3.52. The monoisotopic (exact) mass is 250 g/mol. The Morgan fingerprint density at radius 3 is 1.94 bits per heavy atom. The van der Waals surface area contributed by atoms with Gasteiger partial charge in [-0.15, -0.1) is 0 Å². The van der Waals surface area contributed by atoms with Crippen LogP contribution in [0.5, 0.6) is 11.5 Å². The third-order valence-electron chi connectivity index (χ3n) is 3.17. The Labute approximate surface area is 109 Å². The largest absolute Gasteiger partial charge is 0.496 e. The summed E-state index contributed by atoms with van der Waals surface area (Å²) in [5.41, 5.74) is 2.21. The SMILES string of the molecule is COc1ccc(OC)c(C(C)CC=O)c1C(C)C. The molecule has 0 saturated heterocycles. The molecule has 0 amide bonds. The number of rotatable bonds is 6. The maximum Gasteiger partial charge on any atom is 0.122 e. The van der Waals surface area contributed by atoms with Gasteiger partial charge in [0.15, 0.2) is 0 Å². The molecule has 0 radical (unpaired) electrons. The molecule has 0 aliphatic rings. The standard InChI is InChI=1S/C15H22O3/c1-10(2)14-12(17-4)6-7-13(18-5)15(14)11(3)8-9-16/h6-7,9-11H,8H2,1-5H3. The van der Waals surface area contributed by atoms with Crippen LogP contribution < -0.4 is 9.47 Å². The van der Waals surface area contributed by atoms with Gasteiger partial charge in [0.2, 0.25) is 0 Å². The molecule has 1 atom stereocenters. The molecule has 1 aromatic carbocycles. The van der Waals surface area contributed by atoms with Crippen molar-refractivity contribution in [2.24, 2.45) is 0 Å². The number of methoxy groups -OCH3 is 2. The van der Waals surface area contributed by atoms with Crippen molar-refractivity contribution in [3.8, 4) is 11.5 Å². The molecule has 0 aliphatic heterocycles. The highest BCUT2D eigenvalue weighted by atomic mass is 16.5. The molecule has 18 heavy (non-hydrogen) atoms. The topological polar surface area (TPSA) is 35.5 Å². The highest BCUT2D eigenvalue weighted by molar-refractivity contribution is 5.57. The van der Waals surface area contributed by atoms with Gasteiger partial charge in [-0.2, -0.15) is 0 Å². The molecule has 0 spiro atoms. The fraction of sp³-hybridized carbons (Fsp3) is 0.533. The van der Waals surface area contributed by atoms with Crippen LogP contribution in [0.1, 0.15) is 50.2 Å². The summed E-state index contributed by atoms with van der Waals surface area (Å²) in [6.45, 7) is 6.28. The third-order valence-corrected chi connectivity index (χ3v) is 3.17. The summed E-state index contributed by atoms with van der Waals surface area (Å²) < 4.78 is 10.9. The number of carbonyl (C=O) groups is 1.